The summed E-state index contributed by atoms with van der Waals surface area (Å²) in [6, 6.07) is -4.92. The van der Waals surface area contributed by atoms with Crippen molar-refractivity contribution in [1.29, 1.82) is 0 Å². The molecular formula is C19H34N6O11. The van der Waals surface area contributed by atoms with Crippen LogP contribution in [-0.2, 0) is 33.4 Å². The van der Waals surface area contributed by atoms with Gasteiger partial charge < -0.3 is 57.5 Å². The third-order valence-corrected chi connectivity index (χ3v) is 4.36. The zero-order valence-electron chi connectivity index (χ0n) is 19.7. The summed E-state index contributed by atoms with van der Waals surface area (Å²) in [5, 5.41) is 36.3. The number of aliphatic carboxylic acids is 1. The van der Waals surface area contributed by atoms with Crippen LogP contribution in [0.25, 0.3) is 0 Å². The first-order valence-electron chi connectivity index (χ1n) is 10.8. The standard InChI is InChI=1S/C19H34N6O11/c1-10(27)15(25-19(34)24-11(16(20)31)2-3-14(29)30)18(33)22-4-5-35-6-7-36-9-13(28)23-12(8-26)17(21)32/h10-12,15,26-27H,2-9H2,1H3,(H2,20,31)(H2,21,32)(H,22,33)(H,23,28)(H,29,30)(H2,24,25,34)/t10?,11-,12-,15-/m0/s1. The Hall–Kier alpha value is -3.54. The summed E-state index contributed by atoms with van der Waals surface area (Å²) in [6.07, 6.45) is -2.00. The van der Waals surface area contributed by atoms with Crippen LogP contribution in [0.5, 0.6) is 0 Å². The molecule has 17 heteroatoms. The Bertz CT molecular complexity index is 764. The number of urea groups is 1. The summed E-state index contributed by atoms with van der Waals surface area (Å²) in [5.41, 5.74) is 10.1. The molecular weight excluding hydrogens is 488 g/mol. The van der Waals surface area contributed by atoms with E-state index in [1.165, 1.54) is 6.92 Å². The number of carboxylic acid groups (broad SMARTS) is 1. The molecule has 206 valence electrons. The van der Waals surface area contributed by atoms with Crippen molar-refractivity contribution >= 4 is 35.6 Å². The lowest BCUT2D eigenvalue weighted by Crippen LogP contribution is -2.57. The second kappa shape index (κ2) is 17.8. The van der Waals surface area contributed by atoms with Gasteiger partial charge in [0.05, 0.1) is 32.5 Å². The first-order chi connectivity index (χ1) is 16.9. The van der Waals surface area contributed by atoms with Gasteiger partial charge in [0.15, 0.2) is 0 Å². The summed E-state index contributed by atoms with van der Waals surface area (Å²) < 4.78 is 10.2. The van der Waals surface area contributed by atoms with E-state index in [9.17, 15) is 33.9 Å². The summed E-state index contributed by atoms with van der Waals surface area (Å²) >= 11 is 0. The molecule has 0 fully saturated rings. The van der Waals surface area contributed by atoms with Crippen molar-refractivity contribution in [2.24, 2.45) is 11.5 Å². The van der Waals surface area contributed by atoms with Gasteiger partial charge >= 0.3 is 12.0 Å². The number of aliphatic hydroxyl groups is 2. The van der Waals surface area contributed by atoms with Crippen LogP contribution in [0.4, 0.5) is 4.79 Å². The lowest BCUT2D eigenvalue weighted by Gasteiger charge is -2.22. The number of ether oxygens (including phenoxy) is 2. The first kappa shape index (κ1) is 32.5. The molecule has 11 N–H and O–H groups in total. The molecule has 6 amide bonds. The number of carbonyl (C=O) groups excluding carboxylic acids is 5. The van der Waals surface area contributed by atoms with Gasteiger partial charge in [-0.1, -0.05) is 0 Å². The van der Waals surface area contributed by atoms with E-state index in [4.69, 9.17) is 31.2 Å². The molecule has 0 aliphatic rings. The van der Waals surface area contributed by atoms with Crippen LogP contribution in [0, 0.1) is 0 Å². The van der Waals surface area contributed by atoms with Crippen LogP contribution >= 0.6 is 0 Å². The third-order valence-electron chi connectivity index (χ3n) is 4.36. The monoisotopic (exact) mass is 522 g/mol. The van der Waals surface area contributed by atoms with Gasteiger partial charge in [0.25, 0.3) is 0 Å². The van der Waals surface area contributed by atoms with Crippen LogP contribution in [0.2, 0.25) is 0 Å². The number of nitrogens with two attached hydrogens (primary N) is 2. The largest absolute Gasteiger partial charge is 0.481 e. The van der Waals surface area contributed by atoms with Gasteiger partial charge in [-0.05, 0) is 13.3 Å². The molecule has 0 aromatic rings. The number of primary amides is 2. The fourth-order valence-electron chi connectivity index (χ4n) is 2.48. The lowest BCUT2D eigenvalue weighted by atomic mass is 10.1. The van der Waals surface area contributed by atoms with E-state index < -0.39 is 79.5 Å². The van der Waals surface area contributed by atoms with Crippen LogP contribution in [0.3, 0.4) is 0 Å². The number of nitrogens with one attached hydrogen (secondary N) is 4. The SMILES string of the molecule is CC(O)[C@H](NC(=O)N[C@@H](CCC(=O)O)C(N)=O)C(=O)NCCOCCOCC(=O)N[C@@H](CO)C(N)=O. The number of rotatable bonds is 19. The van der Waals surface area contributed by atoms with E-state index in [1.807, 2.05) is 0 Å². The van der Waals surface area contributed by atoms with Crippen molar-refractivity contribution in [2.45, 2.75) is 44.0 Å². The van der Waals surface area contributed by atoms with Gasteiger partial charge in [-0.3, -0.25) is 24.0 Å². The highest BCUT2D eigenvalue weighted by atomic mass is 16.5. The normalized spacial score (nSPS) is 14.0. The number of carboxylic acids is 1. The van der Waals surface area contributed by atoms with Crippen LogP contribution < -0.4 is 32.7 Å². The fourth-order valence-corrected chi connectivity index (χ4v) is 2.48. The smallest absolute Gasteiger partial charge is 0.316 e. The van der Waals surface area contributed by atoms with E-state index in [1.54, 1.807) is 0 Å². The molecule has 0 bridgehead atoms. The first-order valence-corrected chi connectivity index (χ1v) is 10.8. The molecule has 0 aliphatic heterocycles. The van der Waals surface area contributed by atoms with Gasteiger partial charge in [0, 0.05) is 13.0 Å². The van der Waals surface area contributed by atoms with Gasteiger partial charge in [-0.25, -0.2) is 4.79 Å². The molecule has 0 aromatic carbocycles. The number of hydrogen-bond acceptors (Lipinski definition) is 10. The molecule has 0 spiro atoms. The molecule has 4 atom stereocenters. The van der Waals surface area contributed by atoms with Gasteiger partial charge in [0.1, 0.15) is 24.7 Å². The predicted octanol–water partition coefficient (Wildman–Crippen LogP) is -5.13. The Kier molecular flexibility index (Phi) is 16.1. The van der Waals surface area contributed by atoms with E-state index >= 15 is 0 Å². The second-order valence-electron chi connectivity index (χ2n) is 7.38. The van der Waals surface area contributed by atoms with Crippen molar-refractivity contribution in [3.8, 4) is 0 Å². The topological polar surface area (TPSA) is 282 Å². The van der Waals surface area contributed by atoms with E-state index in [2.05, 4.69) is 21.3 Å². The minimum atomic E-state index is -1.40. The highest BCUT2D eigenvalue weighted by Gasteiger charge is 2.27. The second-order valence-corrected chi connectivity index (χ2v) is 7.38. The van der Waals surface area contributed by atoms with Crippen LogP contribution in [-0.4, -0.2) is 115 Å². The number of aliphatic hydroxyl groups excluding tert-OH is 2. The lowest BCUT2D eigenvalue weighted by molar-refractivity contribution is -0.137. The maximum absolute atomic E-state index is 12.3. The Morgan fingerprint density at radius 2 is 1.50 bits per heavy atom. The summed E-state index contributed by atoms with van der Waals surface area (Å²) in [7, 11) is 0. The molecule has 1 unspecified atom stereocenters. The minimum Gasteiger partial charge on any atom is -0.481 e. The fraction of sp³-hybridized carbons (Fsp3) is 0.684. The number of hydrogen-bond donors (Lipinski definition) is 9. The summed E-state index contributed by atoms with van der Waals surface area (Å²) in [4.78, 5) is 68.8. The van der Waals surface area contributed by atoms with Crippen molar-refractivity contribution in [2.75, 3.05) is 39.6 Å². The number of carbonyl (C=O) groups is 6. The average Bonchev–Trinajstić information content (AvgIpc) is 2.79. The third kappa shape index (κ3) is 14.7. The molecule has 0 heterocycles. The molecule has 0 aliphatic carbocycles. The highest BCUT2D eigenvalue weighted by molar-refractivity contribution is 5.90. The van der Waals surface area contributed by atoms with Crippen molar-refractivity contribution < 1.29 is 53.6 Å². The molecule has 0 saturated heterocycles. The quantitative estimate of drug-likeness (QED) is 0.0723. The Morgan fingerprint density at radius 1 is 0.889 bits per heavy atom. The van der Waals surface area contributed by atoms with Crippen LogP contribution in [0.15, 0.2) is 0 Å². The molecule has 0 saturated carbocycles. The van der Waals surface area contributed by atoms with Gasteiger partial charge in [0.2, 0.25) is 23.6 Å². The number of amides is 6. The van der Waals surface area contributed by atoms with Crippen LogP contribution in [0.1, 0.15) is 19.8 Å². The molecule has 0 aromatic heterocycles. The van der Waals surface area contributed by atoms with E-state index in [0.29, 0.717) is 0 Å². The van der Waals surface area contributed by atoms with Crippen molar-refractivity contribution in [1.82, 2.24) is 21.3 Å². The zero-order valence-corrected chi connectivity index (χ0v) is 19.7. The maximum atomic E-state index is 12.3. The molecule has 0 rings (SSSR count). The van der Waals surface area contributed by atoms with Gasteiger partial charge in [-0.15, -0.1) is 0 Å². The Balaban J connectivity index is 4.28. The summed E-state index contributed by atoms with van der Waals surface area (Å²) in [5.74, 6) is -4.47. The van der Waals surface area contributed by atoms with E-state index in [-0.39, 0.29) is 32.8 Å². The predicted molar refractivity (Wildman–Crippen MR) is 120 cm³/mol. The van der Waals surface area contributed by atoms with E-state index in [0.717, 1.165) is 0 Å². The van der Waals surface area contributed by atoms with Crippen molar-refractivity contribution in [3.63, 3.8) is 0 Å². The molecule has 36 heavy (non-hydrogen) atoms. The Labute approximate surface area is 206 Å². The average molecular weight is 523 g/mol. The molecule has 0 radical (unpaired) electrons. The Morgan fingerprint density at radius 3 is 2.03 bits per heavy atom. The zero-order chi connectivity index (χ0) is 27.7. The maximum Gasteiger partial charge on any atom is 0.316 e. The summed E-state index contributed by atoms with van der Waals surface area (Å²) in [6.45, 7) is 0.263. The molecule has 17 nitrogen and oxygen atoms in total. The minimum absolute atomic E-state index is 0.00264. The van der Waals surface area contributed by atoms with Crippen molar-refractivity contribution in [3.05, 3.63) is 0 Å². The highest BCUT2D eigenvalue weighted by Crippen LogP contribution is 1.99. The van der Waals surface area contributed by atoms with Gasteiger partial charge in [-0.2, -0.15) is 0 Å².